The van der Waals surface area contributed by atoms with Crippen LogP contribution in [-0.4, -0.2) is 15.8 Å². The lowest BCUT2D eigenvalue weighted by Crippen LogP contribution is -2.61. The summed E-state index contributed by atoms with van der Waals surface area (Å²) < 4.78 is 11.4. The third-order valence-corrected chi connectivity index (χ3v) is 21.5. The normalized spacial score (nSPS) is 12.5. The lowest BCUT2D eigenvalue weighted by molar-refractivity contribution is 0.669. The Morgan fingerprint density at radius 3 is 1.05 bits per heavy atom. The van der Waals surface area contributed by atoms with Crippen LogP contribution < -0.4 is 26.2 Å². The molecule has 102 heavy (non-hydrogen) atoms. The van der Waals surface area contributed by atoms with Crippen LogP contribution in [-0.2, 0) is 0 Å². The van der Waals surface area contributed by atoms with Gasteiger partial charge in [-0.2, -0.15) is 0 Å². The first-order chi connectivity index (χ1) is 50.6. The summed E-state index contributed by atoms with van der Waals surface area (Å²) in [4.78, 5) is 5.35. The Bertz CT molecular complexity index is 6410. The molecule has 0 atom stereocenters. The molecule has 0 spiro atoms. The van der Waals surface area contributed by atoms with Gasteiger partial charge >= 0.3 is 0 Å². The zero-order valence-electron chi connectivity index (χ0n) is 55.5. The van der Waals surface area contributed by atoms with Crippen molar-refractivity contribution in [1.82, 2.24) is 9.13 Å². The molecule has 2 aliphatic rings. The molecule has 0 radical (unpaired) electrons. The third kappa shape index (κ3) is 8.92. The molecule has 6 heteroatoms. The van der Waals surface area contributed by atoms with Crippen molar-refractivity contribution >= 4 is 123 Å². The van der Waals surface area contributed by atoms with Gasteiger partial charge in [0.25, 0.3) is 6.71 Å². The Morgan fingerprint density at radius 1 is 0.216 bits per heavy atom. The molecule has 2 aliphatic heterocycles. The molecule has 19 aromatic rings. The lowest BCUT2D eigenvalue weighted by Gasteiger charge is -2.46. The van der Waals surface area contributed by atoms with E-state index < -0.39 is 0 Å². The van der Waals surface area contributed by atoms with E-state index >= 15 is 0 Å². The maximum Gasteiger partial charge on any atom is 0.252 e. The van der Waals surface area contributed by atoms with E-state index in [1.807, 2.05) is 0 Å². The van der Waals surface area contributed by atoms with Crippen molar-refractivity contribution < 1.29 is 4.42 Å². The number of rotatable bonds is 10. The predicted octanol–water partition coefficient (Wildman–Crippen LogP) is 23.9. The van der Waals surface area contributed by atoms with Crippen LogP contribution in [0.25, 0.3) is 144 Å². The van der Waals surface area contributed by atoms with Gasteiger partial charge in [-0.25, -0.2) is 0 Å². The van der Waals surface area contributed by atoms with Gasteiger partial charge in [-0.1, -0.05) is 285 Å². The summed E-state index contributed by atoms with van der Waals surface area (Å²) in [7, 11) is 0. The molecule has 16 aromatic carbocycles. The van der Waals surface area contributed by atoms with Crippen molar-refractivity contribution in [3.8, 4) is 78.1 Å². The zero-order chi connectivity index (χ0) is 66.9. The highest BCUT2D eigenvalue weighted by Crippen LogP contribution is 2.55. The van der Waals surface area contributed by atoms with Crippen LogP contribution in [0.5, 0.6) is 0 Å². The highest BCUT2D eigenvalue weighted by Gasteiger charge is 2.46. The molecule has 0 saturated carbocycles. The Labute approximate surface area is 590 Å². The van der Waals surface area contributed by atoms with Gasteiger partial charge in [0.15, 0.2) is 0 Å². The molecular weight excluding hydrogens is 1240 g/mol. The molecule has 5 nitrogen and oxygen atoms in total. The molecular formula is C96H61BN4O. The second-order valence-electron chi connectivity index (χ2n) is 27.0. The molecule has 0 N–H and O–H groups in total. The van der Waals surface area contributed by atoms with E-state index in [9.17, 15) is 0 Å². The number of fused-ring (bicyclic) bond motifs is 13. The molecule has 0 unspecified atom stereocenters. The summed E-state index contributed by atoms with van der Waals surface area (Å²) >= 11 is 0. The van der Waals surface area contributed by atoms with Crippen molar-refractivity contribution in [2.45, 2.75) is 0 Å². The van der Waals surface area contributed by atoms with E-state index in [1.54, 1.807) is 0 Å². The molecule has 5 heterocycles. The van der Waals surface area contributed by atoms with Crippen LogP contribution >= 0.6 is 0 Å². The van der Waals surface area contributed by atoms with Crippen molar-refractivity contribution in [2.24, 2.45) is 0 Å². The summed E-state index contributed by atoms with van der Waals surface area (Å²) in [6.45, 7) is -0.262. The number of benzene rings is 16. The number of aromatic nitrogens is 2. The summed E-state index contributed by atoms with van der Waals surface area (Å²) in [6, 6.07) is 137. The first-order valence-corrected chi connectivity index (χ1v) is 35.2. The zero-order valence-corrected chi connectivity index (χ0v) is 55.5. The van der Waals surface area contributed by atoms with Crippen LogP contribution in [0.15, 0.2) is 374 Å². The van der Waals surface area contributed by atoms with Crippen molar-refractivity contribution in [2.75, 3.05) is 9.80 Å². The molecule has 3 aromatic heterocycles. The fourth-order valence-electron chi connectivity index (χ4n) is 17.0. The highest BCUT2D eigenvalue weighted by atomic mass is 16.3. The van der Waals surface area contributed by atoms with Gasteiger partial charge in [-0.05, 0) is 146 Å². The number of hydrogen-bond acceptors (Lipinski definition) is 3. The largest absolute Gasteiger partial charge is 0.456 e. The minimum Gasteiger partial charge on any atom is -0.456 e. The molecule has 0 fully saturated rings. The van der Waals surface area contributed by atoms with E-state index in [0.29, 0.717) is 0 Å². The molecule has 474 valence electrons. The number of furan rings is 1. The number of hydrogen-bond donors (Lipinski definition) is 0. The van der Waals surface area contributed by atoms with Crippen molar-refractivity contribution in [3.05, 3.63) is 370 Å². The molecule has 0 bridgehead atoms. The Morgan fingerprint density at radius 2 is 0.569 bits per heavy atom. The SMILES string of the molecule is c1ccc(-c2cccc(-c3ccccc3)c2N2c3cc(-c4ccc5oc6ccccc6c5c4)ccc3B3c4ccc(-c5ccc6c(c5)c5ccccc5n6-c5ccccc5)cc4N(c4c(-c5ccccc5)cccc4-c4ccccc4)c4cc(-n5c6ccccc6c6ccccc65)cc2c43)cc1. The third-order valence-electron chi connectivity index (χ3n) is 21.5. The van der Waals surface area contributed by atoms with Crippen LogP contribution in [0.4, 0.5) is 34.1 Å². The van der Waals surface area contributed by atoms with E-state index in [1.165, 1.54) is 49.0 Å². The van der Waals surface area contributed by atoms with Gasteiger partial charge in [0.05, 0.1) is 39.1 Å². The smallest absolute Gasteiger partial charge is 0.252 e. The van der Waals surface area contributed by atoms with Gasteiger partial charge in [0, 0.05) is 83.0 Å². The van der Waals surface area contributed by atoms with Gasteiger partial charge in [0.1, 0.15) is 11.2 Å². The van der Waals surface area contributed by atoms with Crippen molar-refractivity contribution in [3.63, 3.8) is 0 Å². The molecule has 0 saturated heterocycles. The molecule has 0 aliphatic carbocycles. The fraction of sp³-hybridized carbons (Fsp3) is 0. The fourth-order valence-corrected chi connectivity index (χ4v) is 17.0. The second-order valence-corrected chi connectivity index (χ2v) is 27.0. The van der Waals surface area contributed by atoms with Crippen molar-refractivity contribution in [1.29, 1.82) is 0 Å². The van der Waals surface area contributed by atoms with Gasteiger partial charge in [-0.3, -0.25) is 0 Å². The Hall–Kier alpha value is -13.4. The van der Waals surface area contributed by atoms with Crippen LogP contribution in [0.3, 0.4) is 0 Å². The Balaban J connectivity index is 0.921. The molecule has 0 amide bonds. The van der Waals surface area contributed by atoms with Crippen LogP contribution in [0.2, 0.25) is 0 Å². The number of para-hydroxylation sites is 7. The van der Waals surface area contributed by atoms with E-state index in [-0.39, 0.29) is 6.71 Å². The summed E-state index contributed by atoms with van der Waals surface area (Å²) in [5.74, 6) is 0. The predicted molar refractivity (Wildman–Crippen MR) is 429 cm³/mol. The van der Waals surface area contributed by atoms with E-state index in [0.717, 1.165) is 145 Å². The minimum atomic E-state index is -0.262. The quantitative estimate of drug-likeness (QED) is 0.128. The molecule has 21 rings (SSSR count). The highest BCUT2D eigenvalue weighted by molar-refractivity contribution is 7.00. The average Bonchev–Trinajstić information content (AvgIpc) is 0.770. The second kappa shape index (κ2) is 23.1. The maximum absolute atomic E-state index is 6.51. The summed E-state index contributed by atoms with van der Waals surface area (Å²) in [6.07, 6.45) is 0. The number of anilines is 6. The average molecular weight is 1300 g/mol. The van der Waals surface area contributed by atoms with Crippen LogP contribution in [0, 0.1) is 0 Å². The van der Waals surface area contributed by atoms with E-state index in [4.69, 9.17) is 4.42 Å². The van der Waals surface area contributed by atoms with Gasteiger partial charge < -0.3 is 23.4 Å². The summed E-state index contributed by atoms with van der Waals surface area (Å²) in [5.41, 5.74) is 32.2. The van der Waals surface area contributed by atoms with Crippen LogP contribution in [0.1, 0.15) is 0 Å². The maximum atomic E-state index is 6.51. The van der Waals surface area contributed by atoms with E-state index in [2.05, 4.69) is 389 Å². The number of nitrogens with zero attached hydrogens (tertiary/aromatic N) is 4. The first-order valence-electron chi connectivity index (χ1n) is 35.2. The minimum absolute atomic E-state index is 0.262. The van der Waals surface area contributed by atoms with Gasteiger partial charge in [0.2, 0.25) is 0 Å². The first kappa shape index (κ1) is 57.6. The topological polar surface area (TPSA) is 29.5 Å². The lowest BCUT2D eigenvalue weighted by atomic mass is 9.33. The standard InChI is InChI=1S/C96H61BN4O/c1-6-26-62(27-7-1)72-40-24-41-73(63-28-8-2-9-29-63)95(72)100-88-58-68(66-50-54-87-80(56-66)78-38-18-22-46-86(78)98(87)70-34-14-5-15-35-70)48-52-82(88)97-83-53-49-69(67-51-55-93-81(57-67)79-39-19-23-47-92(79)102-93)59-89(83)101(96-74(64-30-10-3-11-31-64)42-25-43-75(96)65-32-12-4-13-33-65)91-61-71(60-90(100)94(91)97)99-84-44-20-16-36-76(84)77-37-17-21-45-85(77)99/h1-61H. The monoisotopic (exact) mass is 1300 g/mol. The Kier molecular flexibility index (Phi) is 13.1. The van der Waals surface area contributed by atoms with Gasteiger partial charge in [-0.15, -0.1) is 0 Å². The summed E-state index contributed by atoms with van der Waals surface area (Å²) in [5, 5.41) is 7.01.